The van der Waals surface area contributed by atoms with Gasteiger partial charge in [-0.15, -0.1) is 0 Å². The van der Waals surface area contributed by atoms with Crippen LogP contribution in [-0.2, 0) is 0 Å². The lowest BCUT2D eigenvalue weighted by molar-refractivity contribution is 0.0935. The van der Waals surface area contributed by atoms with Crippen molar-refractivity contribution in [2.45, 2.75) is 13.0 Å². The number of aromatic nitrogens is 2. The molecule has 0 saturated carbocycles. The molecule has 1 atom stereocenters. The number of ether oxygens (including phenoxy) is 2. The van der Waals surface area contributed by atoms with Gasteiger partial charge in [0.1, 0.15) is 17.2 Å². The molecule has 0 spiro atoms. The highest BCUT2D eigenvalue weighted by molar-refractivity contribution is 5.93. The summed E-state index contributed by atoms with van der Waals surface area (Å²) in [6.07, 6.45) is 0. The third-order valence-corrected chi connectivity index (χ3v) is 4.15. The van der Waals surface area contributed by atoms with Gasteiger partial charge in [-0.05, 0) is 30.7 Å². The van der Waals surface area contributed by atoms with Crippen molar-refractivity contribution >= 4 is 5.91 Å². The normalized spacial score (nSPS) is 11.7. The molecule has 26 heavy (non-hydrogen) atoms. The maximum atomic E-state index is 12.5. The highest BCUT2D eigenvalue weighted by atomic mass is 16.5. The lowest BCUT2D eigenvalue weighted by Gasteiger charge is -2.13. The van der Waals surface area contributed by atoms with E-state index in [4.69, 9.17) is 9.47 Å². The van der Waals surface area contributed by atoms with E-state index in [2.05, 4.69) is 15.5 Å². The van der Waals surface area contributed by atoms with Crippen molar-refractivity contribution in [3.63, 3.8) is 0 Å². The Labute approximate surface area is 152 Å². The molecule has 0 aliphatic heterocycles. The van der Waals surface area contributed by atoms with Crippen LogP contribution in [-0.4, -0.2) is 30.3 Å². The zero-order chi connectivity index (χ0) is 18.5. The molecule has 3 rings (SSSR count). The van der Waals surface area contributed by atoms with Gasteiger partial charge in [-0.2, -0.15) is 5.10 Å². The van der Waals surface area contributed by atoms with Gasteiger partial charge in [0.25, 0.3) is 5.91 Å². The first kappa shape index (κ1) is 17.5. The molecular formula is C20H21N3O3. The molecule has 1 amide bonds. The molecule has 6 heteroatoms. The Balaban J connectivity index is 1.78. The lowest BCUT2D eigenvalue weighted by Crippen LogP contribution is -2.26. The van der Waals surface area contributed by atoms with Crippen LogP contribution < -0.4 is 14.8 Å². The predicted octanol–water partition coefficient (Wildman–Crippen LogP) is 3.58. The summed E-state index contributed by atoms with van der Waals surface area (Å²) < 4.78 is 10.6. The van der Waals surface area contributed by atoms with Crippen molar-refractivity contribution in [2.24, 2.45) is 0 Å². The number of hydrogen-bond acceptors (Lipinski definition) is 4. The number of H-pyrrole nitrogens is 1. The number of nitrogens with zero attached hydrogens (tertiary/aromatic N) is 1. The molecule has 1 aromatic heterocycles. The number of hydrogen-bond donors (Lipinski definition) is 2. The summed E-state index contributed by atoms with van der Waals surface area (Å²) in [6, 6.07) is 16.8. The largest absolute Gasteiger partial charge is 0.497 e. The molecule has 0 saturated heterocycles. The van der Waals surface area contributed by atoms with Gasteiger partial charge in [-0.1, -0.05) is 30.3 Å². The molecule has 0 aliphatic rings. The predicted molar refractivity (Wildman–Crippen MR) is 99.5 cm³/mol. The van der Waals surface area contributed by atoms with E-state index in [1.807, 2.05) is 49.4 Å². The van der Waals surface area contributed by atoms with E-state index in [0.29, 0.717) is 22.9 Å². The first-order valence-corrected chi connectivity index (χ1v) is 8.26. The van der Waals surface area contributed by atoms with E-state index in [-0.39, 0.29) is 11.9 Å². The number of methoxy groups -OCH3 is 2. The number of nitrogens with one attached hydrogen (secondary N) is 2. The van der Waals surface area contributed by atoms with Gasteiger partial charge in [-0.25, -0.2) is 0 Å². The minimum absolute atomic E-state index is 0.106. The standard InChI is InChI=1S/C20H21N3O3/c1-13(14-7-5-4-6-8-14)21-20(24)18-12-17(22-23-18)16-10-9-15(25-2)11-19(16)26-3/h4-13H,1-3H3,(H,21,24)(H,22,23)/t13-/m1/s1. The Kier molecular flexibility index (Phi) is 5.22. The Morgan fingerprint density at radius 1 is 1.08 bits per heavy atom. The second-order valence-electron chi connectivity index (χ2n) is 5.84. The molecule has 0 unspecified atom stereocenters. The molecule has 1 heterocycles. The van der Waals surface area contributed by atoms with Crippen LogP contribution in [0.15, 0.2) is 54.6 Å². The average Bonchev–Trinajstić information content (AvgIpc) is 3.18. The molecule has 0 aliphatic carbocycles. The maximum absolute atomic E-state index is 12.5. The van der Waals surface area contributed by atoms with E-state index in [0.717, 1.165) is 11.1 Å². The summed E-state index contributed by atoms with van der Waals surface area (Å²) >= 11 is 0. The highest BCUT2D eigenvalue weighted by Crippen LogP contribution is 2.32. The monoisotopic (exact) mass is 351 g/mol. The van der Waals surface area contributed by atoms with Crippen LogP contribution in [0.1, 0.15) is 29.0 Å². The van der Waals surface area contributed by atoms with Crippen molar-refractivity contribution in [2.75, 3.05) is 14.2 Å². The van der Waals surface area contributed by atoms with Crippen molar-refractivity contribution in [3.8, 4) is 22.8 Å². The summed E-state index contributed by atoms with van der Waals surface area (Å²) in [6.45, 7) is 1.94. The van der Waals surface area contributed by atoms with Crippen LogP contribution in [0, 0.1) is 0 Å². The minimum Gasteiger partial charge on any atom is -0.497 e. The van der Waals surface area contributed by atoms with Gasteiger partial charge >= 0.3 is 0 Å². The molecule has 134 valence electrons. The van der Waals surface area contributed by atoms with Crippen molar-refractivity contribution in [1.82, 2.24) is 15.5 Å². The van der Waals surface area contributed by atoms with E-state index in [9.17, 15) is 4.79 Å². The Bertz CT molecular complexity index is 890. The molecule has 2 N–H and O–H groups in total. The summed E-state index contributed by atoms with van der Waals surface area (Å²) in [4.78, 5) is 12.5. The molecule has 0 radical (unpaired) electrons. The van der Waals surface area contributed by atoms with Crippen molar-refractivity contribution < 1.29 is 14.3 Å². The van der Waals surface area contributed by atoms with Gasteiger partial charge in [0.2, 0.25) is 0 Å². The smallest absolute Gasteiger partial charge is 0.269 e. The van der Waals surface area contributed by atoms with E-state index in [1.165, 1.54) is 0 Å². The van der Waals surface area contributed by atoms with E-state index >= 15 is 0 Å². The van der Waals surface area contributed by atoms with E-state index in [1.54, 1.807) is 26.4 Å². The summed E-state index contributed by atoms with van der Waals surface area (Å²) in [5, 5.41) is 10.00. The fraction of sp³-hybridized carbons (Fsp3) is 0.200. The Morgan fingerprint density at radius 3 is 2.54 bits per heavy atom. The summed E-state index contributed by atoms with van der Waals surface area (Å²) in [5.41, 5.74) is 2.83. The Hall–Kier alpha value is -3.28. The highest BCUT2D eigenvalue weighted by Gasteiger charge is 2.16. The number of carbonyl (C=O) groups excluding carboxylic acids is 1. The zero-order valence-corrected chi connectivity index (χ0v) is 14.9. The first-order valence-electron chi connectivity index (χ1n) is 8.26. The minimum atomic E-state index is -0.215. The topological polar surface area (TPSA) is 76.2 Å². The van der Waals surface area contributed by atoms with E-state index < -0.39 is 0 Å². The third-order valence-electron chi connectivity index (χ3n) is 4.15. The lowest BCUT2D eigenvalue weighted by atomic mass is 10.1. The quantitative estimate of drug-likeness (QED) is 0.712. The van der Waals surface area contributed by atoms with Gasteiger partial charge in [0.05, 0.1) is 26.0 Å². The summed E-state index contributed by atoms with van der Waals surface area (Å²) in [5.74, 6) is 1.10. The molecular weight excluding hydrogens is 330 g/mol. The number of aromatic amines is 1. The molecule has 6 nitrogen and oxygen atoms in total. The second kappa shape index (κ2) is 7.74. The van der Waals surface area contributed by atoms with Crippen molar-refractivity contribution in [1.29, 1.82) is 0 Å². The van der Waals surface area contributed by atoms with Gasteiger partial charge in [0.15, 0.2) is 0 Å². The zero-order valence-electron chi connectivity index (χ0n) is 14.9. The Morgan fingerprint density at radius 2 is 1.85 bits per heavy atom. The second-order valence-corrected chi connectivity index (χ2v) is 5.84. The fourth-order valence-corrected chi connectivity index (χ4v) is 2.69. The third kappa shape index (κ3) is 3.69. The molecule has 0 bridgehead atoms. The summed E-state index contributed by atoms with van der Waals surface area (Å²) in [7, 11) is 3.18. The van der Waals surface area contributed by atoms with Gasteiger partial charge in [-0.3, -0.25) is 9.89 Å². The fourth-order valence-electron chi connectivity index (χ4n) is 2.69. The van der Waals surface area contributed by atoms with Gasteiger partial charge < -0.3 is 14.8 Å². The van der Waals surface area contributed by atoms with Crippen molar-refractivity contribution in [3.05, 3.63) is 65.9 Å². The average molecular weight is 351 g/mol. The van der Waals surface area contributed by atoms with Crippen LogP contribution in [0.5, 0.6) is 11.5 Å². The van der Waals surface area contributed by atoms with Crippen LogP contribution in [0.3, 0.4) is 0 Å². The molecule has 0 fully saturated rings. The van der Waals surface area contributed by atoms with Crippen LogP contribution >= 0.6 is 0 Å². The SMILES string of the molecule is COc1ccc(-c2cc(C(=O)N[C@H](C)c3ccccc3)[nH]n2)c(OC)c1. The van der Waals surface area contributed by atoms with Crippen LogP contribution in [0.4, 0.5) is 0 Å². The molecule has 3 aromatic rings. The van der Waals surface area contributed by atoms with Crippen LogP contribution in [0.2, 0.25) is 0 Å². The number of rotatable bonds is 6. The van der Waals surface area contributed by atoms with Crippen LogP contribution in [0.25, 0.3) is 11.3 Å². The van der Waals surface area contributed by atoms with Gasteiger partial charge in [0, 0.05) is 11.6 Å². The number of amides is 1. The number of carbonyl (C=O) groups is 1. The first-order chi connectivity index (χ1) is 12.6. The maximum Gasteiger partial charge on any atom is 0.269 e. The molecule has 2 aromatic carbocycles. The number of benzene rings is 2.